The zero-order valence-electron chi connectivity index (χ0n) is 12.8. The van der Waals surface area contributed by atoms with E-state index in [-0.39, 0.29) is 11.3 Å². The molecule has 0 amide bonds. The number of benzene rings is 1. The molecule has 0 N–H and O–H groups in total. The minimum absolute atomic E-state index is 0.205. The van der Waals surface area contributed by atoms with E-state index in [2.05, 4.69) is 0 Å². The second-order valence-corrected chi connectivity index (χ2v) is 7.59. The second-order valence-electron chi connectivity index (χ2n) is 5.32. The third-order valence-corrected chi connectivity index (χ3v) is 6.57. The molecule has 0 radical (unpaired) electrons. The van der Waals surface area contributed by atoms with E-state index in [1.165, 1.54) is 4.31 Å². The molecule has 1 aliphatic heterocycles. The van der Waals surface area contributed by atoms with Crippen LogP contribution < -0.4 is 4.74 Å². The van der Waals surface area contributed by atoms with E-state index < -0.39 is 10.0 Å². The summed E-state index contributed by atoms with van der Waals surface area (Å²) < 4.78 is 37.2. The lowest BCUT2D eigenvalue weighted by Crippen LogP contribution is -2.40. The maximum atomic E-state index is 12.7. The first-order valence-corrected chi connectivity index (χ1v) is 8.65. The summed E-state index contributed by atoms with van der Waals surface area (Å²) in [6.07, 6.45) is 1.14. The number of hydrogen-bond donors (Lipinski definition) is 0. The van der Waals surface area contributed by atoms with E-state index in [0.717, 1.165) is 11.3 Å². The summed E-state index contributed by atoms with van der Waals surface area (Å²) in [4.78, 5) is 0. The third kappa shape index (κ3) is 3.56. The predicted octanol–water partition coefficient (Wildman–Crippen LogP) is 2.20. The number of nitrogens with zero attached hydrogens (tertiary/aromatic N) is 1. The van der Waals surface area contributed by atoms with E-state index in [9.17, 15) is 8.42 Å². The summed E-state index contributed by atoms with van der Waals surface area (Å²) in [5.41, 5.74) is 0.953. The van der Waals surface area contributed by atoms with Gasteiger partial charge in [-0.15, -0.1) is 0 Å². The van der Waals surface area contributed by atoms with Crippen molar-refractivity contribution in [2.75, 3.05) is 27.4 Å². The van der Waals surface area contributed by atoms with Crippen LogP contribution in [0.5, 0.6) is 5.75 Å². The van der Waals surface area contributed by atoms with Crippen molar-refractivity contribution in [3.05, 3.63) is 29.8 Å². The monoisotopic (exact) mass is 313 g/mol. The fourth-order valence-corrected chi connectivity index (χ4v) is 4.34. The van der Waals surface area contributed by atoms with Gasteiger partial charge in [0.15, 0.2) is 0 Å². The molecular formula is C15H23NO4S. The SMILES string of the molecule is COc1ccc([C@H](C)N(C)S(=O)(=O)C2CCOCC2)cc1. The fraction of sp³-hybridized carbons (Fsp3) is 0.600. The Bertz CT molecular complexity index is 550. The number of methoxy groups -OCH3 is 1. The molecule has 118 valence electrons. The first kappa shape index (κ1) is 16.3. The summed E-state index contributed by atoms with van der Waals surface area (Å²) >= 11 is 0. The van der Waals surface area contributed by atoms with Crippen molar-refractivity contribution in [2.24, 2.45) is 0 Å². The van der Waals surface area contributed by atoms with Crippen LogP contribution in [0.3, 0.4) is 0 Å². The Balaban J connectivity index is 2.14. The highest BCUT2D eigenvalue weighted by Crippen LogP contribution is 2.28. The van der Waals surface area contributed by atoms with Crippen molar-refractivity contribution in [2.45, 2.75) is 31.1 Å². The van der Waals surface area contributed by atoms with Gasteiger partial charge in [0.25, 0.3) is 0 Å². The highest BCUT2D eigenvalue weighted by Gasteiger charge is 2.34. The molecule has 0 saturated carbocycles. The lowest BCUT2D eigenvalue weighted by molar-refractivity contribution is 0.0971. The minimum Gasteiger partial charge on any atom is -0.497 e. The van der Waals surface area contributed by atoms with Gasteiger partial charge < -0.3 is 9.47 Å². The lowest BCUT2D eigenvalue weighted by atomic mass is 10.1. The molecule has 6 heteroatoms. The highest BCUT2D eigenvalue weighted by atomic mass is 32.2. The molecule has 0 spiro atoms. The quantitative estimate of drug-likeness (QED) is 0.836. The molecular weight excluding hydrogens is 290 g/mol. The molecule has 1 atom stereocenters. The van der Waals surface area contributed by atoms with Crippen molar-refractivity contribution in [1.82, 2.24) is 4.31 Å². The van der Waals surface area contributed by atoms with E-state index >= 15 is 0 Å². The van der Waals surface area contributed by atoms with Gasteiger partial charge in [-0.1, -0.05) is 12.1 Å². The van der Waals surface area contributed by atoms with Crippen molar-refractivity contribution >= 4 is 10.0 Å². The average Bonchev–Trinajstić information content (AvgIpc) is 2.54. The molecule has 0 aliphatic carbocycles. The third-order valence-electron chi connectivity index (χ3n) is 4.13. The normalized spacial score (nSPS) is 18.7. The Hall–Kier alpha value is -1.11. The summed E-state index contributed by atoms with van der Waals surface area (Å²) in [5, 5.41) is -0.336. The van der Waals surface area contributed by atoms with Crippen LogP contribution in [0.1, 0.15) is 31.4 Å². The minimum atomic E-state index is -3.30. The molecule has 0 unspecified atom stereocenters. The molecule has 21 heavy (non-hydrogen) atoms. The predicted molar refractivity (Wildman–Crippen MR) is 81.9 cm³/mol. The molecule has 2 rings (SSSR count). The Morgan fingerprint density at radius 1 is 1.24 bits per heavy atom. The smallest absolute Gasteiger partial charge is 0.217 e. The molecule has 1 aromatic rings. The Morgan fingerprint density at radius 3 is 2.33 bits per heavy atom. The van der Waals surface area contributed by atoms with Crippen LogP contribution in [0.2, 0.25) is 0 Å². The molecule has 1 heterocycles. The second kappa shape index (κ2) is 6.77. The fourth-order valence-electron chi connectivity index (χ4n) is 2.52. The van der Waals surface area contributed by atoms with Crippen molar-refractivity contribution in [3.63, 3.8) is 0 Å². The molecule has 1 aromatic carbocycles. The Labute approximate surface area is 126 Å². The molecule has 1 aliphatic rings. The maximum Gasteiger partial charge on any atom is 0.217 e. The van der Waals surface area contributed by atoms with Crippen LogP contribution in [0.15, 0.2) is 24.3 Å². The van der Waals surface area contributed by atoms with Gasteiger partial charge in [0.1, 0.15) is 5.75 Å². The maximum absolute atomic E-state index is 12.7. The van der Waals surface area contributed by atoms with Crippen molar-refractivity contribution in [1.29, 1.82) is 0 Å². The van der Waals surface area contributed by atoms with Gasteiger partial charge in [-0.2, -0.15) is 4.31 Å². The van der Waals surface area contributed by atoms with E-state index in [0.29, 0.717) is 26.1 Å². The van der Waals surface area contributed by atoms with Crippen molar-refractivity contribution < 1.29 is 17.9 Å². The van der Waals surface area contributed by atoms with Gasteiger partial charge in [-0.25, -0.2) is 8.42 Å². The average molecular weight is 313 g/mol. The molecule has 1 saturated heterocycles. The number of ether oxygens (including phenoxy) is 2. The van der Waals surface area contributed by atoms with Crippen LogP contribution in [0, 0.1) is 0 Å². The van der Waals surface area contributed by atoms with Gasteiger partial charge in [-0.3, -0.25) is 0 Å². The van der Waals surface area contributed by atoms with Gasteiger partial charge in [0.05, 0.1) is 12.4 Å². The van der Waals surface area contributed by atoms with Crippen molar-refractivity contribution in [3.8, 4) is 5.75 Å². The van der Waals surface area contributed by atoms with Gasteiger partial charge in [0.2, 0.25) is 10.0 Å². The molecule has 0 bridgehead atoms. The number of sulfonamides is 1. The molecule has 5 nitrogen and oxygen atoms in total. The first-order chi connectivity index (χ1) is 9.96. The molecule has 0 aromatic heterocycles. The van der Waals surface area contributed by atoms with E-state index in [4.69, 9.17) is 9.47 Å². The lowest BCUT2D eigenvalue weighted by Gasteiger charge is -2.31. The van der Waals surface area contributed by atoms with Crippen LogP contribution >= 0.6 is 0 Å². The Kier molecular flexibility index (Phi) is 5.24. The first-order valence-electron chi connectivity index (χ1n) is 7.15. The summed E-state index contributed by atoms with van der Waals surface area (Å²) in [7, 11) is -0.0393. The number of hydrogen-bond acceptors (Lipinski definition) is 4. The van der Waals surface area contributed by atoms with Gasteiger partial charge in [0, 0.05) is 26.3 Å². The number of rotatable bonds is 5. The topological polar surface area (TPSA) is 55.8 Å². The standard InChI is InChI=1S/C15H23NO4S/c1-12(13-4-6-14(19-3)7-5-13)16(2)21(17,18)15-8-10-20-11-9-15/h4-7,12,15H,8-11H2,1-3H3/t12-/m0/s1. The summed E-state index contributed by atoms with van der Waals surface area (Å²) in [6.45, 7) is 2.95. The molecule has 1 fully saturated rings. The zero-order chi connectivity index (χ0) is 15.5. The zero-order valence-corrected chi connectivity index (χ0v) is 13.6. The van der Waals surface area contributed by atoms with Gasteiger partial charge >= 0.3 is 0 Å². The summed E-state index contributed by atoms with van der Waals surface area (Å²) in [5.74, 6) is 0.765. The van der Waals surface area contributed by atoms with E-state index in [1.807, 2.05) is 31.2 Å². The highest BCUT2D eigenvalue weighted by molar-refractivity contribution is 7.89. The van der Waals surface area contributed by atoms with E-state index in [1.54, 1.807) is 14.2 Å². The summed E-state index contributed by atoms with van der Waals surface area (Å²) in [6, 6.07) is 7.30. The van der Waals surface area contributed by atoms with Gasteiger partial charge in [-0.05, 0) is 37.5 Å². The Morgan fingerprint density at radius 2 is 1.81 bits per heavy atom. The van der Waals surface area contributed by atoms with Crippen LogP contribution in [0.4, 0.5) is 0 Å². The van der Waals surface area contributed by atoms with Crippen LogP contribution in [0.25, 0.3) is 0 Å². The largest absolute Gasteiger partial charge is 0.497 e. The van der Waals surface area contributed by atoms with Crippen LogP contribution in [-0.2, 0) is 14.8 Å². The van der Waals surface area contributed by atoms with Crippen LogP contribution in [-0.4, -0.2) is 45.3 Å².